The molecule has 4 heterocycles. The molecule has 4 aliphatic heterocycles. The first-order valence-corrected chi connectivity index (χ1v) is 13.7. The zero-order valence-corrected chi connectivity index (χ0v) is 23.2. The minimum atomic E-state index is -2.16. The van der Waals surface area contributed by atoms with Crippen molar-refractivity contribution in [3.63, 3.8) is 0 Å². The van der Waals surface area contributed by atoms with E-state index in [0.29, 0.717) is 31.4 Å². The summed E-state index contributed by atoms with van der Waals surface area (Å²) in [6.45, 7) is 4.81. The smallest absolute Gasteiger partial charge is 0.344 e. The van der Waals surface area contributed by atoms with E-state index in [0.717, 1.165) is 29.9 Å². The number of nitrogens with one attached hydrogen (secondary N) is 1. The third-order valence-corrected chi connectivity index (χ3v) is 10.1. The summed E-state index contributed by atoms with van der Waals surface area (Å²) in [5.74, 6) is -0.741. The lowest BCUT2D eigenvalue weighted by molar-refractivity contribution is -0.228. The molecule has 10 heteroatoms. The summed E-state index contributed by atoms with van der Waals surface area (Å²) < 4.78 is 17.1. The summed E-state index contributed by atoms with van der Waals surface area (Å²) in [5.41, 5.74) is -0.944. The fourth-order valence-corrected chi connectivity index (χ4v) is 8.90. The van der Waals surface area contributed by atoms with Crippen LogP contribution in [-0.2, 0) is 29.3 Å². The number of benzene rings is 1. The molecule has 1 amide bonds. The number of aliphatic hydroxyl groups is 1. The van der Waals surface area contributed by atoms with Crippen molar-refractivity contribution in [1.82, 2.24) is 10.2 Å². The van der Waals surface area contributed by atoms with Crippen LogP contribution in [0.4, 0.5) is 5.69 Å². The van der Waals surface area contributed by atoms with E-state index >= 15 is 0 Å². The Morgan fingerprint density at radius 1 is 1.23 bits per heavy atom. The molecule has 6 rings (SSSR count). The number of carbonyl (C=O) groups is 3. The van der Waals surface area contributed by atoms with E-state index in [1.165, 1.54) is 14.0 Å². The number of carbonyl (C=O) groups excluding carboxylic acids is 3. The summed E-state index contributed by atoms with van der Waals surface area (Å²) in [5, 5.41) is 15.8. The Hall–Kier alpha value is -3.11. The van der Waals surface area contributed by atoms with Gasteiger partial charge in [-0.25, -0.2) is 4.79 Å². The minimum Gasteiger partial charge on any atom is -0.496 e. The van der Waals surface area contributed by atoms with Gasteiger partial charge in [0, 0.05) is 61.1 Å². The number of hydrogen-bond acceptors (Lipinski definition) is 9. The Labute approximate surface area is 228 Å². The van der Waals surface area contributed by atoms with Gasteiger partial charge in [0.05, 0.1) is 26.3 Å². The maximum atomic E-state index is 13.8. The van der Waals surface area contributed by atoms with Gasteiger partial charge in [0.1, 0.15) is 5.75 Å². The number of fused-ring (bicyclic) bond motifs is 1. The lowest BCUT2D eigenvalue weighted by Crippen LogP contribution is -2.81. The predicted octanol–water partition coefficient (Wildman–Crippen LogP) is 1.59. The van der Waals surface area contributed by atoms with Crippen molar-refractivity contribution in [1.29, 1.82) is 0 Å². The largest absolute Gasteiger partial charge is 0.496 e. The Balaban J connectivity index is 1.66. The predicted molar refractivity (Wildman–Crippen MR) is 141 cm³/mol. The van der Waals surface area contributed by atoms with Crippen LogP contribution in [0.15, 0.2) is 24.3 Å². The maximum absolute atomic E-state index is 13.8. The average molecular weight is 540 g/mol. The molecular weight excluding hydrogens is 502 g/mol. The fourth-order valence-electron chi connectivity index (χ4n) is 8.90. The number of hydrogen-bond donors (Lipinski definition) is 2. The quantitative estimate of drug-likeness (QED) is 0.425. The first kappa shape index (κ1) is 26.1. The summed E-state index contributed by atoms with van der Waals surface area (Å²) in [4.78, 5) is 42.8. The molecular formula is C29H37N3O7. The number of amides is 1. The van der Waals surface area contributed by atoms with Crippen molar-refractivity contribution in [2.75, 3.05) is 39.3 Å². The van der Waals surface area contributed by atoms with Crippen LogP contribution in [0.3, 0.4) is 0 Å². The van der Waals surface area contributed by atoms with Crippen molar-refractivity contribution in [2.24, 2.45) is 5.41 Å². The molecule has 1 aromatic carbocycles. The second kappa shape index (κ2) is 8.69. The first-order chi connectivity index (χ1) is 18.6. The molecule has 0 aromatic heterocycles. The van der Waals surface area contributed by atoms with Gasteiger partial charge >= 0.3 is 11.9 Å². The van der Waals surface area contributed by atoms with Crippen LogP contribution in [0, 0.1) is 5.41 Å². The van der Waals surface area contributed by atoms with Crippen LogP contribution in [0.1, 0.15) is 56.7 Å². The number of likely N-dealkylation sites (N-methyl/N-ethyl adjacent to an activating group) is 1. The van der Waals surface area contributed by atoms with Gasteiger partial charge in [0.2, 0.25) is 11.5 Å². The van der Waals surface area contributed by atoms with E-state index in [-0.39, 0.29) is 18.0 Å². The molecule has 1 aliphatic carbocycles. The van der Waals surface area contributed by atoms with Gasteiger partial charge < -0.3 is 29.5 Å². The average Bonchev–Trinajstić information content (AvgIpc) is 3.60. The molecule has 1 aromatic rings. The topological polar surface area (TPSA) is 118 Å². The van der Waals surface area contributed by atoms with E-state index in [9.17, 15) is 19.5 Å². The molecule has 1 saturated carbocycles. The number of ether oxygens (including phenoxy) is 3. The van der Waals surface area contributed by atoms with Gasteiger partial charge in [-0.1, -0.05) is 19.1 Å². The molecule has 1 spiro atoms. The SMILES string of the molecule is CC[C@]12C=CCN3CC[C@@]4(c5cc([C@H]6CCC(=O)N6)c(OC)cc5N(C)[C@H]4[C@@](O)(C(=O)OC)[C@@H]1OC(C)=O)[C@@H]32. The summed E-state index contributed by atoms with van der Waals surface area (Å²) in [6.07, 6.45) is 5.30. The third-order valence-electron chi connectivity index (χ3n) is 10.1. The second-order valence-electron chi connectivity index (χ2n) is 11.6. The highest BCUT2D eigenvalue weighted by atomic mass is 16.6. The van der Waals surface area contributed by atoms with Crippen LogP contribution >= 0.6 is 0 Å². The molecule has 2 N–H and O–H groups in total. The van der Waals surface area contributed by atoms with E-state index < -0.39 is 40.5 Å². The van der Waals surface area contributed by atoms with Gasteiger partial charge in [-0.05, 0) is 37.4 Å². The zero-order valence-electron chi connectivity index (χ0n) is 23.2. The molecule has 5 aliphatic rings. The highest BCUT2D eigenvalue weighted by Crippen LogP contribution is 2.67. The van der Waals surface area contributed by atoms with Crippen LogP contribution < -0.4 is 15.0 Å². The fraction of sp³-hybridized carbons (Fsp3) is 0.621. The van der Waals surface area contributed by atoms with Gasteiger partial charge in [-0.3, -0.25) is 14.5 Å². The van der Waals surface area contributed by atoms with Crippen molar-refractivity contribution in [3.05, 3.63) is 35.4 Å². The number of anilines is 1. The third kappa shape index (κ3) is 3.13. The van der Waals surface area contributed by atoms with Crippen LogP contribution in [0.25, 0.3) is 0 Å². The molecule has 3 fully saturated rings. The number of nitrogens with zero attached hydrogens (tertiary/aromatic N) is 2. The number of methoxy groups -OCH3 is 2. The molecule has 10 nitrogen and oxygen atoms in total. The van der Waals surface area contributed by atoms with Crippen LogP contribution in [0.2, 0.25) is 0 Å². The molecule has 0 radical (unpaired) electrons. The van der Waals surface area contributed by atoms with E-state index in [1.807, 2.05) is 24.9 Å². The van der Waals surface area contributed by atoms with Gasteiger partial charge in [-0.15, -0.1) is 0 Å². The first-order valence-electron chi connectivity index (χ1n) is 13.7. The number of esters is 2. The maximum Gasteiger partial charge on any atom is 0.344 e. The number of rotatable bonds is 5. The molecule has 0 bridgehead atoms. The van der Waals surface area contributed by atoms with Gasteiger partial charge in [-0.2, -0.15) is 0 Å². The highest BCUT2D eigenvalue weighted by molar-refractivity contribution is 5.87. The lowest BCUT2D eigenvalue weighted by Gasteiger charge is -2.63. The van der Waals surface area contributed by atoms with Crippen molar-refractivity contribution < 1.29 is 33.7 Å². The van der Waals surface area contributed by atoms with Crippen molar-refractivity contribution in [2.45, 2.75) is 74.8 Å². The summed E-state index contributed by atoms with van der Waals surface area (Å²) >= 11 is 0. The second-order valence-corrected chi connectivity index (χ2v) is 11.6. The van der Waals surface area contributed by atoms with Gasteiger partial charge in [0.25, 0.3) is 0 Å². The molecule has 0 unspecified atom stereocenters. The lowest BCUT2D eigenvalue weighted by atomic mass is 9.47. The Kier molecular flexibility index (Phi) is 5.83. The van der Waals surface area contributed by atoms with E-state index in [4.69, 9.17) is 14.2 Å². The summed E-state index contributed by atoms with van der Waals surface area (Å²) in [6, 6.07) is 2.97. The minimum absolute atomic E-state index is 0.00660. The Morgan fingerprint density at radius 3 is 2.62 bits per heavy atom. The van der Waals surface area contributed by atoms with E-state index in [2.05, 4.69) is 28.4 Å². The standard InChI is InChI=1S/C29H37N3O7/c1-6-27-10-7-12-32-13-11-28(23(27)32)18-14-17(19-8-9-22(34)30-19)21(37-4)15-20(18)31(3)24(28)29(36,26(35)38-5)25(27)39-16(2)33/h7,10,14-15,19,23-25,36H,6,8-9,11-13H2,1-5H3,(H,30,34)/t19-,23+,24-,25-,27-,28-,29+/m1/s1. The van der Waals surface area contributed by atoms with Crippen LogP contribution in [-0.4, -0.2) is 86.0 Å². The molecule has 39 heavy (non-hydrogen) atoms. The van der Waals surface area contributed by atoms with Crippen LogP contribution in [0.5, 0.6) is 5.75 Å². The monoisotopic (exact) mass is 539 g/mol. The normalized spacial score (nSPS) is 38.1. The Morgan fingerprint density at radius 2 is 2.00 bits per heavy atom. The van der Waals surface area contributed by atoms with Crippen molar-refractivity contribution >= 4 is 23.5 Å². The Bertz CT molecular complexity index is 1280. The molecule has 210 valence electrons. The summed E-state index contributed by atoms with van der Waals surface area (Å²) in [7, 11) is 4.73. The van der Waals surface area contributed by atoms with E-state index in [1.54, 1.807) is 7.11 Å². The molecule has 2 saturated heterocycles. The van der Waals surface area contributed by atoms with Crippen molar-refractivity contribution in [3.8, 4) is 5.75 Å². The highest BCUT2D eigenvalue weighted by Gasteiger charge is 2.80. The van der Waals surface area contributed by atoms with Gasteiger partial charge in [0.15, 0.2) is 6.10 Å². The molecule has 7 atom stereocenters. The zero-order chi connectivity index (χ0) is 27.9.